The molecule has 1 aromatic carbocycles. The van der Waals surface area contributed by atoms with Gasteiger partial charge in [0.1, 0.15) is 6.61 Å². The van der Waals surface area contributed by atoms with Crippen molar-refractivity contribution < 1.29 is 14.2 Å². The van der Waals surface area contributed by atoms with E-state index in [0.717, 1.165) is 6.54 Å². The molecule has 0 bridgehead atoms. The Morgan fingerprint density at radius 2 is 1.95 bits per heavy atom. The van der Waals surface area contributed by atoms with Crippen molar-refractivity contribution in [1.82, 2.24) is 4.90 Å². The highest BCUT2D eigenvalue weighted by Gasteiger charge is 2.12. The van der Waals surface area contributed by atoms with Crippen LogP contribution in [-0.2, 0) is 4.74 Å². The van der Waals surface area contributed by atoms with Gasteiger partial charge in [0.25, 0.3) is 0 Å². The van der Waals surface area contributed by atoms with E-state index in [9.17, 15) is 0 Å². The second-order valence-electron chi connectivity index (χ2n) is 4.65. The predicted octanol–water partition coefficient (Wildman–Crippen LogP) is 1.73. The fraction of sp³-hybridized carbons (Fsp3) is 0.571. The number of methoxy groups -OCH3 is 1. The average Bonchev–Trinajstić information content (AvgIpc) is 2.91. The Balaban J connectivity index is 1.86. The lowest BCUT2D eigenvalue weighted by Gasteiger charge is -2.16. The molecular formula is C14H22N2O3. The minimum absolute atomic E-state index is 0.186. The summed E-state index contributed by atoms with van der Waals surface area (Å²) in [6, 6.07) is 5.40. The fourth-order valence-electron chi connectivity index (χ4n) is 2.17. The lowest BCUT2D eigenvalue weighted by Crippen LogP contribution is -2.25. The van der Waals surface area contributed by atoms with Gasteiger partial charge in [-0.3, -0.25) is 4.90 Å². The van der Waals surface area contributed by atoms with Gasteiger partial charge in [0, 0.05) is 25.4 Å². The molecule has 1 saturated heterocycles. The highest BCUT2D eigenvalue weighted by Crippen LogP contribution is 2.29. The molecule has 1 aliphatic rings. The summed E-state index contributed by atoms with van der Waals surface area (Å²) in [5.74, 6) is 1.34. The normalized spacial score (nSPS) is 15.6. The second kappa shape index (κ2) is 7.21. The van der Waals surface area contributed by atoms with Crippen LogP contribution in [-0.4, -0.2) is 45.0 Å². The van der Waals surface area contributed by atoms with E-state index in [1.54, 1.807) is 13.2 Å². The molecular weight excluding hydrogens is 244 g/mol. The van der Waals surface area contributed by atoms with Crippen LogP contribution in [0.3, 0.4) is 0 Å². The Morgan fingerprint density at radius 3 is 2.68 bits per heavy atom. The molecule has 5 nitrogen and oxygen atoms in total. The summed E-state index contributed by atoms with van der Waals surface area (Å²) in [4.78, 5) is 2.41. The van der Waals surface area contributed by atoms with Gasteiger partial charge in [-0.2, -0.15) is 0 Å². The third-order valence-electron chi connectivity index (χ3n) is 3.16. The minimum atomic E-state index is 0.186. The standard InChI is InChI=1S/C14H22N2O3/c1-17-11-19-14-10-12(15)4-5-13(14)18-9-8-16-6-2-3-7-16/h4-5,10H,2-3,6-9,11,15H2,1H3. The Hall–Kier alpha value is -1.46. The van der Waals surface area contributed by atoms with Crippen LogP contribution in [0.2, 0.25) is 0 Å². The van der Waals surface area contributed by atoms with Crippen molar-refractivity contribution in [3.63, 3.8) is 0 Å². The van der Waals surface area contributed by atoms with Gasteiger partial charge in [-0.25, -0.2) is 0 Å². The Kier molecular flexibility index (Phi) is 5.30. The van der Waals surface area contributed by atoms with Gasteiger partial charge in [-0.1, -0.05) is 0 Å². The fourth-order valence-corrected chi connectivity index (χ4v) is 2.17. The molecule has 0 atom stereocenters. The summed E-state index contributed by atoms with van der Waals surface area (Å²) in [6.45, 7) is 4.16. The van der Waals surface area contributed by atoms with Crippen molar-refractivity contribution in [2.75, 3.05) is 45.9 Å². The molecule has 2 N–H and O–H groups in total. The van der Waals surface area contributed by atoms with E-state index in [2.05, 4.69) is 4.90 Å². The number of rotatable bonds is 7. The van der Waals surface area contributed by atoms with Crippen LogP contribution in [0.4, 0.5) is 5.69 Å². The molecule has 5 heteroatoms. The van der Waals surface area contributed by atoms with Crippen molar-refractivity contribution in [3.05, 3.63) is 18.2 Å². The molecule has 19 heavy (non-hydrogen) atoms. The van der Waals surface area contributed by atoms with Crippen LogP contribution in [0.15, 0.2) is 18.2 Å². The lowest BCUT2D eigenvalue weighted by molar-refractivity contribution is 0.0484. The lowest BCUT2D eigenvalue weighted by atomic mass is 10.3. The van der Waals surface area contributed by atoms with Crippen LogP contribution in [0, 0.1) is 0 Å². The SMILES string of the molecule is COCOc1cc(N)ccc1OCCN1CCCC1. The summed E-state index contributed by atoms with van der Waals surface area (Å²) in [6.07, 6.45) is 2.59. The first-order chi connectivity index (χ1) is 9.29. The molecule has 0 amide bonds. The maximum atomic E-state index is 5.77. The molecule has 0 aliphatic carbocycles. The molecule has 1 fully saturated rings. The average molecular weight is 266 g/mol. The molecule has 1 heterocycles. The maximum absolute atomic E-state index is 5.77. The smallest absolute Gasteiger partial charge is 0.188 e. The zero-order valence-electron chi connectivity index (χ0n) is 11.4. The molecule has 1 aliphatic heterocycles. The largest absolute Gasteiger partial charge is 0.488 e. The van der Waals surface area contributed by atoms with E-state index >= 15 is 0 Å². The van der Waals surface area contributed by atoms with Crippen molar-refractivity contribution in [2.24, 2.45) is 0 Å². The molecule has 106 valence electrons. The Labute approximate surface area is 114 Å². The Bertz CT molecular complexity index is 392. The van der Waals surface area contributed by atoms with Gasteiger partial charge in [-0.05, 0) is 38.1 Å². The van der Waals surface area contributed by atoms with Crippen molar-refractivity contribution in [3.8, 4) is 11.5 Å². The van der Waals surface area contributed by atoms with E-state index in [0.29, 0.717) is 23.8 Å². The van der Waals surface area contributed by atoms with Crippen LogP contribution >= 0.6 is 0 Å². The zero-order valence-corrected chi connectivity index (χ0v) is 11.4. The van der Waals surface area contributed by atoms with E-state index in [1.807, 2.05) is 12.1 Å². The summed E-state index contributed by atoms with van der Waals surface area (Å²) >= 11 is 0. The van der Waals surface area contributed by atoms with Gasteiger partial charge in [-0.15, -0.1) is 0 Å². The third-order valence-corrected chi connectivity index (χ3v) is 3.16. The molecule has 2 rings (SSSR count). The van der Waals surface area contributed by atoms with Crippen molar-refractivity contribution in [2.45, 2.75) is 12.8 Å². The molecule has 1 aromatic rings. The number of ether oxygens (including phenoxy) is 3. The first-order valence-electron chi connectivity index (χ1n) is 6.66. The number of hydrogen-bond donors (Lipinski definition) is 1. The van der Waals surface area contributed by atoms with E-state index in [4.69, 9.17) is 19.9 Å². The molecule has 0 saturated carbocycles. The van der Waals surface area contributed by atoms with E-state index in [-0.39, 0.29) is 6.79 Å². The summed E-state index contributed by atoms with van der Waals surface area (Å²) in [5, 5.41) is 0. The summed E-state index contributed by atoms with van der Waals surface area (Å²) in [5.41, 5.74) is 6.39. The van der Waals surface area contributed by atoms with Gasteiger partial charge >= 0.3 is 0 Å². The quantitative estimate of drug-likeness (QED) is 0.601. The van der Waals surface area contributed by atoms with Crippen molar-refractivity contribution in [1.29, 1.82) is 0 Å². The minimum Gasteiger partial charge on any atom is -0.488 e. The highest BCUT2D eigenvalue weighted by molar-refractivity contribution is 5.51. The van der Waals surface area contributed by atoms with Crippen molar-refractivity contribution >= 4 is 5.69 Å². The maximum Gasteiger partial charge on any atom is 0.188 e. The number of nitrogens with zero attached hydrogens (tertiary/aromatic N) is 1. The highest BCUT2D eigenvalue weighted by atomic mass is 16.7. The number of anilines is 1. The third kappa shape index (κ3) is 4.29. The molecule has 0 unspecified atom stereocenters. The van der Waals surface area contributed by atoms with Gasteiger partial charge in [0.2, 0.25) is 0 Å². The van der Waals surface area contributed by atoms with Gasteiger partial charge in [0.05, 0.1) is 0 Å². The number of benzene rings is 1. The number of nitrogens with two attached hydrogens (primary N) is 1. The van der Waals surface area contributed by atoms with E-state index in [1.165, 1.54) is 25.9 Å². The topological polar surface area (TPSA) is 57.0 Å². The molecule has 0 radical (unpaired) electrons. The number of likely N-dealkylation sites (tertiary alicyclic amines) is 1. The molecule has 0 spiro atoms. The van der Waals surface area contributed by atoms with Crippen LogP contribution in [0.1, 0.15) is 12.8 Å². The van der Waals surface area contributed by atoms with Gasteiger partial charge < -0.3 is 19.9 Å². The Morgan fingerprint density at radius 1 is 1.16 bits per heavy atom. The van der Waals surface area contributed by atoms with E-state index < -0.39 is 0 Å². The summed E-state index contributed by atoms with van der Waals surface area (Å²) < 4.78 is 16.1. The number of nitrogen functional groups attached to an aromatic ring is 1. The van der Waals surface area contributed by atoms with Crippen LogP contribution < -0.4 is 15.2 Å². The first kappa shape index (κ1) is 14.0. The monoisotopic (exact) mass is 266 g/mol. The van der Waals surface area contributed by atoms with Gasteiger partial charge in [0.15, 0.2) is 18.3 Å². The molecule has 0 aromatic heterocycles. The zero-order chi connectivity index (χ0) is 13.5. The predicted molar refractivity (Wildman–Crippen MR) is 74.5 cm³/mol. The van der Waals surface area contributed by atoms with Crippen LogP contribution in [0.5, 0.6) is 11.5 Å². The summed E-state index contributed by atoms with van der Waals surface area (Å²) in [7, 11) is 1.58. The first-order valence-corrected chi connectivity index (χ1v) is 6.66. The second-order valence-corrected chi connectivity index (χ2v) is 4.65. The van der Waals surface area contributed by atoms with Crippen LogP contribution in [0.25, 0.3) is 0 Å². The number of hydrogen-bond acceptors (Lipinski definition) is 5.